The summed E-state index contributed by atoms with van der Waals surface area (Å²) in [5, 5.41) is 5.31. The van der Waals surface area contributed by atoms with Gasteiger partial charge in [0.05, 0.1) is 17.3 Å². The van der Waals surface area contributed by atoms with Crippen LogP contribution in [0.25, 0.3) is 6.08 Å². The molecule has 3 aromatic carbocycles. The lowest BCUT2D eigenvalue weighted by Crippen LogP contribution is -2.20. The lowest BCUT2D eigenvalue weighted by molar-refractivity contribution is -0.121. The monoisotopic (exact) mass is 452 g/mol. The van der Waals surface area contributed by atoms with Gasteiger partial charge in [-0.3, -0.25) is 4.79 Å². The van der Waals surface area contributed by atoms with Gasteiger partial charge in [-0.25, -0.2) is 5.43 Å². The molecule has 1 amide bonds. The van der Waals surface area contributed by atoms with E-state index in [2.05, 4.69) is 10.5 Å². The van der Waals surface area contributed by atoms with Crippen molar-refractivity contribution < 1.29 is 9.53 Å². The molecule has 3 aromatic rings. The lowest BCUT2D eigenvalue weighted by Gasteiger charge is -2.08. The van der Waals surface area contributed by atoms with Gasteiger partial charge < -0.3 is 4.74 Å². The maximum absolute atomic E-state index is 12.2. The van der Waals surface area contributed by atoms with Gasteiger partial charge in [0.2, 0.25) is 5.91 Å². The first-order chi connectivity index (χ1) is 15.1. The van der Waals surface area contributed by atoms with Crippen LogP contribution in [0.5, 0.6) is 5.75 Å². The molecule has 0 heterocycles. The Balaban J connectivity index is 1.55. The number of amides is 1. The van der Waals surface area contributed by atoms with E-state index in [4.69, 9.17) is 27.9 Å². The number of carbonyl (C=O) groups is 1. The summed E-state index contributed by atoms with van der Waals surface area (Å²) >= 11 is 11.9. The van der Waals surface area contributed by atoms with Gasteiger partial charge in [0.1, 0.15) is 5.75 Å². The van der Waals surface area contributed by atoms with E-state index in [1.165, 1.54) is 0 Å². The molecule has 0 saturated carbocycles. The molecule has 0 aromatic heterocycles. The Labute approximate surface area is 192 Å². The van der Waals surface area contributed by atoms with Gasteiger partial charge in [-0.15, -0.1) is 0 Å². The molecule has 3 rings (SSSR count). The second kappa shape index (κ2) is 11.9. The predicted molar refractivity (Wildman–Crippen MR) is 128 cm³/mol. The molecule has 0 unspecified atom stereocenters. The Kier molecular flexibility index (Phi) is 8.71. The second-order valence-electron chi connectivity index (χ2n) is 6.67. The molecule has 6 heteroatoms. The molecule has 0 saturated heterocycles. The summed E-state index contributed by atoms with van der Waals surface area (Å²) in [5.74, 6) is 0.356. The van der Waals surface area contributed by atoms with E-state index < -0.39 is 0 Å². The predicted octanol–water partition coefficient (Wildman–Crippen LogP) is 6.39. The molecule has 0 bridgehead atoms. The quantitative estimate of drug-likeness (QED) is 0.232. The van der Waals surface area contributed by atoms with E-state index in [1.807, 2.05) is 72.8 Å². The van der Waals surface area contributed by atoms with Gasteiger partial charge in [-0.1, -0.05) is 89.9 Å². The molecule has 4 nitrogen and oxygen atoms in total. The summed E-state index contributed by atoms with van der Waals surface area (Å²) in [4.78, 5) is 12.2. The van der Waals surface area contributed by atoms with Crippen molar-refractivity contribution in [2.24, 2.45) is 5.10 Å². The summed E-state index contributed by atoms with van der Waals surface area (Å²) in [7, 11) is 0. The molecule has 0 radical (unpaired) electrons. The van der Waals surface area contributed by atoms with Gasteiger partial charge >= 0.3 is 0 Å². The first kappa shape index (κ1) is 22.6. The standard InChI is InChI=1S/C25H22Cl2N2O2/c26-21-14-16-24(22(27)18-21)31-17-7-12-25(30)29-28-23(20-10-5-2-6-11-20)15-13-19-8-3-1-4-9-19/h1-6,8-11,13-16,18H,7,12,17H2,(H,29,30)/b15-13+,28-23+. The van der Waals surface area contributed by atoms with Crippen molar-refractivity contribution in [3.05, 3.63) is 106 Å². The molecule has 0 aliphatic carbocycles. The Morgan fingerprint density at radius 1 is 0.968 bits per heavy atom. The van der Waals surface area contributed by atoms with Crippen molar-refractivity contribution in [1.29, 1.82) is 0 Å². The van der Waals surface area contributed by atoms with Crippen molar-refractivity contribution in [3.8, 4) is 5.75 Å². The number of nitrogens with zero attached hydrogens (tertiary/aromatic N) is 1. The molecular formula is C25H22Cl2N2O2. The van der Waals surface area contributed by atoms with Crippen molar-refractivity contribution in [2.45, 2.75) is 12.8 Å². The maximum Gasteiger partial charge on any atom is 0.240 e. The number of carbonyl (C=O) groups excluding carboxylic acids is 1. The minimum Gasteiger partial charge on any atom is -0.492 e. The van der Waals surface area contributed by atoms with Crippen LogP contribution in [0.4, 0.5) is 0 Å². The van der Waals surface area contributed by atoms with Crippen LogP contribution in [-0.2, 0) is 4.79 Å². The fourth-order valence-corrected chi connectivity index (χ4v) is 3.19. The van der Waals surface area contributed by atoms with Crippen LogP contribution < -0.4 is 10.2 Å². The third kappa shape index (κ3) is 7.59. The van der Waals surface area contributed by atoms with E-state index in [0.717, 1.165) is 11.1 Å². The molecule has 0 aliphatic heterocycles. The van der Waals surface area contributed by atoms with Crippen LogP contribution in [-0.4, -0.2) is 18.2 Å². The Morgan fingerprint density at radius 2 is 1.68 bits per heavy atom. The highest BCUT2D eigenvalue weighted by Crippen LogP contribution is 2.27. The number of hydrogen-bond acceptors (Lipinski definition) is 3. The minimum atomic E-state index is -0.188. The topological polar surface area (TPSA) is 50.7 Å². The third-order valence-corrected chi connectivity index (χ3v) is 4.83. The molecule has 1 N–H and O–H groups in total. The molecule has 0 fully saturated rings. The summed E-state index contributed by atoms with van der Waals surface area (Å²) < 4.78 is 5.61. The van der Waals surface area contributed by atoms with Crippen molar-refractivity contribution >= 4 is 40.9 Å². The molecule has 158 valence electrons. The van der Waals surface area contributed by atoms with E-state index in [-0.39, 0.29) is 12.3 Å². The van der Waals surface area contributed by atoms with E-state index in [9.17, 15) is 4.79 Å². The van der Waals surface area contributed by atoms with E-state index in [0.29, 0.717) is 34.5 Å². The lowest BCUT2D eigenvalue weighted by atomic mass is 10.1. The molecule has 0 atom stereocenters. The Bertz CT molecular complexity index is 1050. The second-order valence-corrected chi connectivity index (χ2v) is 7.51. The Hall–Kier alpha value is -3.08. The average Bonchev–Trinajstić information content (AvgIpc) is 2.79. The SMILES string of the molecule is O=C(CCCOc1ccc(Cl)cc1Cl)N/N=C(\C=C\c1ccccc1)c1ccccc1. The highest BCUT2D eigenvalue weighted by molar-refractivity contribution is 6.35. The van der Waals surface area contributed by atoms with Crippen LogP contribution in [0.2, 0.25) is 10.0 Å². The highest BCUT2D eigenvalue weighted by Gasteiger charge is 2.05. The smallest absolute Gasteiger partial charge is 0.240 e. The van der Waals surface area contributed by atoms with Gasteiger partial charge in [0.25, 0.3) is 0 Å². The maximum atomic E-state index is 12.2. The summed E-state index contributed by atoms with van der Waals surface area (Å²) in [5.41, 5.74) is 5.27. The summed E-state index contributed by atoms with van der Waals surface area (Å²) in [6.45, 7) is 0.359. The summed E-state index contributed by atoms with van der Waals surface area (Å²) in [6, 6.07) is 24.7. The Morgan fingerprint density at radius 3 is 2.39 bits per heavy atom. The van der Waals surface area contributed by atoms with Crippen molar-refractivity contribution in [1.82, 2.24) is 5.43 Å². The minimum absolute atomic E-state index is 0.188. The highest BCUT2D eigenvalue weighted by atomic mass is 35.5. The summed E-state index contributed by atoms with van der Waals surface area (Å²) in [6.07, 6.45) is 4.65. The van der Waals surface area contributed by atoms with E-state index in [1.54, 1.807) is 18.2 Å². The molecule has 0 spiro atoms. The van der Waals surface area contributed by atoms with Gasteiger partial charge in [-0.05, 0) is 36.3 Å². The van der Waals surface area contributed by atoms with Crippen molar-refractivity contribution in [2.75, 3.05) is 6.61 Å². The number of nitrogens with one attached hydrogen (secondary N) is 1. The van der Waals surface area contributed by atoms with Crippen LogP contribution in [0, 0.1) is 0 Å². The zero-order chi connectivity index (χ0) is 21.9. The number of allylic oxidation sites excluding steroid dienone is 1. The molecule has 31 heavy (non-hydrogen) atoms. The third-order valence-electron chi connectivity index (χ3n) is 4.30. The number of hydrazone groups is 1. The fraction of sp³-hybridized carbons (Fsp3) is 0.120. The number of benzene rings is 3. The van der Waals surface area contributed by atoms with Crippen molar-refractivity contribution in [3.63, 3.8) is 0 Å². The normalized spacial score (nSPS) is 11.5. The number of hydrogen-bond donors (Lipinski definition) is 1. The first-order valence-corrected chi connectivity index (χ1v) is 10.6. The molecular weight excluding hydrogens is 431 g/mol. The number of rotatable bonds is 9. The van der Waals surface area contributed by atoms with Gasteiger partial charge in [0, 0.05) is 17.0 Å². The first-order valence-electron chi connectivity index (χ1n) is 9.85. The fourth-order valence-electron chi connectivity index (χ4n) is 2.73. The molecule has 0 aliphatic rings. The van der Waals surface area contributed by atoms with E-state index >= 15 is 0 Å². The zero-order valence-electron chi connectivity index (χ0n) is 16.8. The van der Waals surface area contributed by atoms with Crippen LogP contribution in [0.1, 0.15) is 24.0 Å². The zero-order valence-corrected chi connectivity index (χ0v) is 18.3. The van der Waals surface area contributed by atoms with Crippen LogP contribution >= 0.6 is 23.2 Å². The largest absolute Gasteiger partial charge is 0.492 e. The van der Waals surface area contributed by atoms with Crippen LogP contribution in [0.15, 0.2) is 90.0 Å². The number of ether oxygens (including phenoxy) is 1. The van der Waals surface area contributed by atoms with Gasteiger partial charge in [0.15, 0.2) is 0 Å². The number of halogens is 2. The van der Waals surface area contributed by atoms with Gasteiger partial charge in [-0.2, -0.15) is 5.10 Å². The van der Waals surface area contributed by atoms with Crippen LogP contribution in [0.3, 0.4) is 0 Å². The average molecular weight is 453 g/mol.